The predicted molar refractivity (Wildman–Crippen MR) is 92.6 cm³/mol. The largest absolute Gasteiger partial charge is 0.465 e. The van der Waals surface area contributed by atoms with Crippen LogP contribution in [0.5, 0.6) is 0 Å². The zero-order valence-corrected chi connectivity index (χ0v) is 14.8. The van der Waals surface area contributed by atoms with Crippen LogP contribution in [0, 0.1) is 11.2 Å². The first-order chi connectivity index (χ1) is 11.5. The first kappa shape index (κ1) is 17.4. The van der Waals surface area contributed by atoms with Crippen molar-refractivity contribution in [1.82, 2.24) is 4.90 Å². The molecule has 1 atom stereocenters. The number of methoxy groups -OCH3 is 1. The fourth-order valence-corrected chi connectivity index (χ4v) is 4.67. The average Bonchev–Trinajstić information content (AvgIpc) is 2.57. The predicted octanol–water partition coefficient (Wildman–Crippen LogP) is 4.20. The van der Waals surface area contributed by atoms with Crippen molar-refractivity contribution in [1.29, 1.82) is 0 Å². The molecule has 1 aromatic carbocycles. The molecule has 24 heavy (non-hydrogen) atoms. The third kappa shape index (κ3) is 3.80. The summed E-state index contributed by atoms with van der Waals surface area (Å²) in [6.07, 6.45) is 10.0. The molecule has 1 saturated carbocycles. The van der Waals surface area contributed by atoms with E-state index < -0.39 is 5.97 Å². The van der Waals surface area contributed by atoms with Gasteiger partial charge in [-0.3, -0.25) is 0 Å². The molecule has 0 unspecified atom stereocenters. The fraction of sp³-hybridized carbons (Fsp3) is 0.650. The van der Waals surface area contributed by atoms with Crippen molar-refractivity contribution in [2.45, 2.75) is 57.4 Å². The number of hydrogen-bond donors (Lipinski definition) is 0. The molecule has 3 nitrogen and oxygen atoms in total. The number of ether oxygens (including phenoxy) is 1. The summed E-state index contributed by atoms with van der Waals surface area (Å²) >= 11 is 0. The van der Waals surface area contributed by atoms with E-state index in [-0.39, 0.29) is 5.82 Å². The Hall–Kier alpha value is -1.42. The molecule has 0 radical (unpaired) electrons. The van der Waals surface area contributed by atoms with Crippen LogP contribution in [0.2, 0.25) is 0 Å². The number of nitrogens with zero attached hydrogens (tertiary/aromatic N) is 1. The molecule has 1 aromatic rings. The number of benzene rings is 1. The number of rotatable bonds is 3. The van der Waals surface area contributed by atoms with Gasteiger partial charge in [0.15, 0.2) is 0 Å². The molecule has 4 heteroatoms. The molecule has 0 bridgehead atoms. The molecule has 0 aromatic heterocycles. The lowest BCUT2D eigenvalue weighted by atomic mass is 9.68. The Bertz CT molecular complexity index is 595. The van der Waals surface area contributed by atoms with Gasteiger partial charge in [0, 0.05) is 12.6 Å². The maximum absolute atomic E-state index is 13.8. The Kier molecular flexibility index (Phi) is 5.24. The van der Waals surface area contributed by atoms with Gasteiger partial charge in [-0.15, -0.1) is 0 Å². The van der Waals surface area contributed by atoms with Crippen molar-refractivity contribution in [3.05, 3.63) is 35.1 Å². The van der Waals surface area contributed by atoms with Crippen LogP contribution in [-0.4, -0.2) is 37.6 Å². The minimum Gasteiger partial charge on any atom is -0.465 e. The summed E-state index contributed by atoms with van der Waals surface area (Å²) in [5.74, 6) is -0.843. The van der Waals surface area contributed by atoms with Crippen LogP contribution in [0.1, 0.15) is 60.9 Å². The van der Waals surface area contributed by atoms with E-state index in [2.05, 4.69) is 11.9 Å². The van der Waals surface area contributed by atoms with Crippen molar-refractivity contribution in [3.63, 3.8) is 0 Å². The molecule has 0 N–H and O–H groups in total. The van der Waals surface area contributed by atoms with Crippen LogP contribution in [-0.2, 0) is 11.2 Å². The van der Waals surface area contributed by atoms with Gasteiger partial charge in [-0.05, 0) is 68.3 Å². The van der Waals surface area contributed by atoms with Gasteiger partial charge in [0.2, 0.25) is 0 Å². The zero-order valence-electron chi connectivity index (χ0n) is 14.8. The number of likely N-dealkylation sites (N-methyl/N-ethyl adjacent to an activating group) is 1. The Morgan fingerprint density at radius 2 is 2.00 bits per heavy atom. The van der Waals surface area contributed by atoms with Crippen LogP contribution in [0.15, 0.2) is 18.2 Å². The first-order valence-corrected chi connectivity index (χ1v) is 9.09. The number of hydrogen-bond acceptors (Lipinski definition) is 3. The first-order valence-electron chi connectivity index (χ1n) is 9.09. The quantitative estimate of drug-likeness (QED) is 0.777. The molecule has 2 fully saturated rings. The molecule has 2 aliphatic rings. The van der Waals surface area contributed by atoms with Crippen molar-refractivity contribution in [2.24, 2.45) is 5.41 Å². The third-order valence-electron chi connectivity index (χ3n) is 5.98. The van der Waals surface area contributed by atoms with E-state index in [0.717, 1.165) is 24.9 Å². The molecular formula is C20H28FNO2. The van der Waals surface area contributed by atoms with Crippen molar-refractivity contribution in [2.75, 3.05) is 20.7 Å². The highest BCUT2D eigenvalue weighted by molar-refractivity contribution is 5.89. The molecular weight excluding hydrogens is 305 g/mol. The summed E-state index contributed by atoms with van der Waals surface area (Å²) in [6.45, 7) is 1.15. The van der Waals surface area contributed by atoms with E-state index in [9.17, 15) is 9.18 Å². The number of esters is 1. The summed E-state index contributed by atoms with van der Waals surface area (Å²) in [7, 11) is 3.52. The lowest BCUT2D eigenvalue weighted by Gasteiger charge is -2.48. The van der Waals surface area contributed by atoms with Crippen LogP contribution in [0.4, 0.5) is 4.39 Å². The van der Waals surface area contributed by atoms with Gasteiger partial charge < -0.3 is 9.64 Å². The minimum atomic E-state index is -0.478. The SMILES string of the molecule is COC(=O)c1cc(F)cc(C[C@H]2CCC3(CCCCC3)CN2C)c1. The molecule has 1 aliphatic heterocycles. The second-order valence-corrected chi connectivity index (χ2v) is 7.71. The van der Waals surface area contributed by atoms with Crippen LogP contribution in [0.3, 0.4) is 0 Å². The topological polar surface area (TPSA) is 29.5 Å². The van der Waals surface area contributed by atoms with E-state index in [1.807, 2.05) is 0 Å². The highest BCUT2D eigenvalue weighted by Gasteiger charge is 2.38. The standard InChI is InChI=1S/C20H28FNO2/c1-22-14-20(7-4-3-5-8-20)9-6-18(22)12-15-10-16(19(23)24-2)13-17(21)11-15/h10-11,13,18H,3-9,12,14H2,1-2H3/t18-/m1/s1. The summed E-state index contributed by atoms with van der Waals surface area (Å²) in [6, 6.07) is 4.99. The maximum Gasteiger partial charge on any atom is 0.337 e. The van der Waals surface area contributed by atoms with Gasteiger partial charge >= 0.3 is 5.97 Å². The average molecular weight is 333 g/mol. The molecule has 1 aliphatic carbocycles. The Morgan fingerprint density at radius 3 is 2.67 bits per heavy atom. The molecule has 1 spiro atoms. The Balaban J connectivity index is 1.68. The minimum absolute atomic E-state index is 0.301. The second-order valence-electron chi connectivity index (χ2n) is 7.71. The van der Waals surface area contributed by atoms with Gasteiger partial charge in [0.25, 0.3) is 0 Å². The third-order valence-corrected chi connectivity index (χ3v) is 5.98. The molecule has 3 rings (SSSR count). The number of carbonyl (C=O) groups is 1. The summed E-state index contributed by atoms with van der Waals surface area (Å²) < 4.78 is 18.6. The summed E-state index contributed by atoms with van der Waals surface area (Å²) in [4.78, 5) is 14.1. The molecule has 132 valence electrons. The van der Waals surface area contributed by atoms with Gasteiger partial charge in [-0.1, -0.05) is 19.3 Å². The second kappa shape index (κ2) is 7.22. The zero-order chi connectivity index (χ0) is 17.2. The Morgan fingerprint density at radius 1 is 1.25 bits per heavy atom. The highest BCUT2D eigenvalue weighted by atomic mass is 19.1. The smallest absolute Gasteiger partial charge is 0.337 e. The van der Waals surface area contributed by atoms with Gasteiger partial charge in [0.05, 0.1) is 12.7 Å². The van der Waals surface area contributed by atoms with E-state index in [4.69, 9.17) is 4.74 Å². The van der Waals surface area contributed by atoms with Crippen molar-refractivity contribution in [3.8, 4) is 0 Å². The van der Waals surface area contributed by atoms with Gasteiger partial charge in [0.1, 0.15) is 5.82 Å². The number of piperidine rings is 1. The number of halogens is 1. The van der Waals surface area contributed by atoms with Crippen LogP contribution < -0.4 is 0 Å². The normalized spacial score (nSPS) is 24.0. The van der Waals surface area contributed by atoms with E-state index in [1.165, 1.54) is 51.7 Å². The van der Waals surface area contributed by atoms with Crippen molar-refractivity contribution >= 4 is 5.97 Å². The monoisotopic (exact) mass is 333 g/mol. The fourth-order valence-electron chi connectivity index (χ4n) is 4.67. The highest BCUT2D eigenvalue weighted by Crippen LogP contribution is 2.44. The Labute approximate surface area is 144 Å². The van der Waals surface area contributed by atoms with E-state index in [0.29, 0.717) is 17.0 Å². The van der Waals surface area contributed by atoms with Gasteiger partial charge in [-0.25, -0.2) is 9.18 Å². The molecule has 1 saturated heterocycles. The molecule has 1 heterocycles. The van der Waals surface area contributed by atoms with Gasteiger partial charge in [-0.2, -0.15) is 0 Å². The maximum atomic E-state index is 13.8. The van der Waals surface area contributed by atoms with Crippen LogP contribution >= 0.6 is 0 Å². The van der Waals surface area contributed by atoms with Crippen molar-refractivity contribution < 1.29 is 13.9 Å². The lowest BCUT2D eigenvalue weighted by molar-refractivity contribution is 0.0326. The number of likely N-dealkylation sites (tertiary alicyclic amines) is 1. The van der Waals surface area contributed by atoms with E-state index >= 15 is 0 Å². The summed E-state index contributed by atoms with van der Waals surface area (Å²) in [5, 5.41) is 0. The number of carbonyl (C=O) groups excluding carboxylic acids is 1. The summed E-state index contributed by atoms with van der Waals surface area (Å²) in [5.41, 5.74) is 1.70. The van der Waals surface area contributed by atoms with E-state index in [1.54, 1.807) is 12.1 Å². The van der Waals surface area contributed by atoms with Crippen LogP contribution in [0.25, 0.3) is 0 Å². The molecule has 0 amide bonds. The lowest BCUT2D eigenvalue weighted by Crippen LogP contribution is -2.48.